The highest BCUT2D eigenvalue weighted by Gasteiger charge is 2.25. The van der Waals surface area contributed by atoms with Crippen molar-refractivity contribution in [2.75, 3.05) is 18.9 Å². The van der Waals surface area contributed by atoms with E-state index in [1.807, 2.05) is 6.07 Å². The molecule has 2 N–H and O–H groups in total. The molecule has 2 rings (SSSR count). The van der Waals surface area contributed by atoms with Gasteiger partial charge < -0.3 is 14.7 Å². The van der Waals surface area contributed by atoms with Gasteiger partial charge in [0.25, 0.3) is 0 Å². The zero-order chi connectivity index (χ0) is 25.0. The summed E-state index contributed by atoms with van der Waals surface area (Å²) in [7, 11) is -3.38. The Kier molecular flexibility index (Phi) is 8.95. The summed E-state index contributed by atoms with van der Waals surface area (Å²) in [5, 5.41) is 10.1. The van der Waals surface area contributed by atoms with E-state index in [4.69, 9.17) is 4.74 Å². The van der Waals surface area contributed by atoms with Gasteiger partial charge in [0.15, 0.2) is 0 Å². The SMILES string of the molecule is Cc1cc(CCP(=O)(O)CCOC(=O)C(C)(C)C)cc(C)c1Cc1ccc(O)c(C(C)C)c1. The molecule has 2 aromatic rings. The summed E-state index contributed by atoms with van der Waals surface area (Å²) in [4.78, 5) is 22.1. The molecule has 2 aromatic carbocycles. The van der Waals surface area contributed by atoms with Crippen LogP contribution in [-0.4, -0.2) is 34.9 Å². The molecule has 0 aromatic heterocycles. The second-order valence-corrected chi connectivity index (χ2v) is 12.9. The number of carbonyl (C=O) groups is 1. The summed E-state index contributed by atoms with van der Waals surface area (Å²) in [6.45, 7) is 13.5. The van der Waals surface area contributed by atoms with Crippen LogP contribution in [0.4, 0.5) is 0 Å². The Hall–Kier alpha value is -2.10. The molecule has 0 amide bonds. The molecule has 6 heteroatoms. The van der Waals surface area contributed by atoms with Gasteiger partial charge in [0, 0.05) is 6.16 Å². The first-order chi connectivity index (χ1) is 15.2. The summed E-state index contributed by atoms with van der Waals surface area (Å²) in [5.41, 5.74) is 6.05. The van der Waals surface area contributed by atoms with Gasteiger partial charge in [-0.05, 0) is 92.8 Å². The van der Waals surface area contributed by atoms with Crippen LogP contribution in [0.1, 0.15) is 73.9 Å². The number of phenolic OH excluding ortho intramolecular Hbond substituents is 1. The second kappa shape index (κ2) is 10.9. The first-order valence-electron chi connectivity index (χ1n) is 11.6. The lowest BCUT2D eigenvalue weighted by Crippen LogP contribution is -2.24. The maximum Gasteiger partial charge on any atom is 0.311 e. The molecule has 0 aliphatic carbocycles. The molecule has 0 saturated heterocycles. The van der Waals surface area contributed by atoms with Gasteiger partial charge in [-0.15, -0.1) is 0 Å². The molecule has 0 fully saturated rings. The number of ether oxygens (including phenoxy) is 1. The number of aromatic hydroxyl groups is 1. The molecule has 0 heterocycles. The molecular weight excluding hydrogens is 435 g/mol. The highest BCUT2D eigenvalue weighted by atomic mass is 31.2. The van der Waals surface area contributed by atoms with E-state index >= 15 is 0 Å². The van der Waals surface area contributed by atoms with Crippen molar-refractivity contribution >= 4 is 13.3 Å². The largest absolute Gasteiger partial charge is 0.508 e. The molecule has 0 aliphatic rings. The molecule has 0 bridgehead atoms. The molecule has 0 aliphatic heterocycles. The minimum Gasteiger partial charge on any atom is -0.508 e. The molecule has 1 atom stereocenters. The van der Waals surface area contributed by atoms with Crippen LogP contribution in [0.3, 0.4) is 0 Å². The molecular formula is C27H39O5P. The summed E-state index contributed by atoms with van der Waals surface area (Å²) in [6.07, 6.45) is 1.41. The number of benzene rings is 2. The van der Waals surface area contributed by atoms with Crippen LogP contribution >= 0.6 is 7.37 Å². The third-order valence-electron chi connectivity index (χ3n) is 5.89. The lowest BCUT2D eigenvalue weighted by Gasteiger charge is -2.18. The lowest BCUT2D eigenvalue weighted by atomic mass is 9.91. The fourth-order valence-corrected chi connectivity index (χ4v) is 5.01. The van der Waals surface area contributed by atoms with Gasteiger partial charge in [-0.2, -0.15) is 0 Å². The van der Waals surface area contributed by atoms with Crippen LogP contribution in [0.25, 0.3) is 0 Å². The van der Waals surface area contributed by atoms with Gasteiger partial charge >= 0.3 is 5.97 Å². The van der Waals surface area contributed by atoms with Crippen LogP contribution in [-0.2, 0) is 26.9 Å². The number of aryl methyl sites for hydroxylation is 3. The van der Waals surface area contributed by atoms with Crippen LogP contribution in [0, 0.1) is 19.3 Å². The molecule has 1 unspecified atom stereocenters. The van der Waals surface area contributed by atoms with E-state index in [9.17, 15) is 19.4 Å². The molecule has 0 saturated carbocycles. The van der Waals surface area contributed by atoms with E-state index in [2.05, 4.69) is 45.9 Å². The fraction of sp³-hybridized carbons (Fsp3) is 0.519. The maximum atomic E-state index is 12.6. The van der Waals surface area contributed by atoms with E-state index in [1.54, 1.807) is 26.8 Å². The second-order valence-electron chi connectivity index (χ2n) is 10.4. The highest BCUT2D eigenvalue weighted by molar-refractivity contribution is 7.58. The predicted octanol–water partition coefficient (Wildman–Crippen LogP) is 6.13. The van der Waals surface area contributed by atoms with Crippen LogP contribution < -0.4 is 0 Å². The number of rotatable bonds is 9. The molecule has 5 nitrogen and oxygen atoms in total. The number of carbonyl (C=O) groups excluding carboxylic acids is 1. The molecule has 33 heavy (non-hydrogen) atoms. The minimum absolute atomic E-state index is 0.0239. The standard InChI is InChI=1S/C27H39O5P/c1-18(2)23-16-21(8-9-25(23)28)17-24-19(3)14-22(15-20(24)4)10-12-33(30,31)13-11-32-26(29)27(5,6)7/h8-9,14-16,18,28H,10-13,17H2,1-7H3,(H,30,31). The van der Waals surface area contributed by atoms with E-state index in [-0.39, 0.29) is 30.8 Å². The van der Waals surface area contributed by atoms with Crippen molar-refractivity contribution in [1.29, 1.82) is 0 Å². The van der Waals surface area contributed by atoms with E-state index in [0.29, 0.717) is 12.2 Å². The Balaban J connectivity index is 2.03. The third-order valence-corrected chi connectivity index (χ3v) is 7.69. The predicted molar refractivity (Wildman–Crippen MR) is 135 cm³/mol. The Morgan fingerprint density at radius 1 is 1.03 bits per heavy atom. The van der Waals surface area contributed by atoms with E-state index in [1.165, 1.54) is 5.56 Å². The Labute approximate surface area is 198 Å². The monoisotopic (exact) mass is 474 g/mol. The summed E-state index contributed by atoms with van der Waals surface area (Å²) < 4.78 is 17.7. The summed E-state index contributed by atoms with van der Waals surface area (Å²) >= 11 is 0. The van der Waals surface area contributed by atoms with Crippen molar-refractivity contribution < 1.29 is 24.1 Å². The van der Waals surface area contributed by atoms with Crippen molar-refractivity contribution in [3.8, 4) is 5.75 Å². The summed E-state index contributed by atoms with van der Waals surface area (Å²) in [6, 6.07) is 9.97. The smallest absolute Gasteiger partial charge is 0.311 e. The average Bonchev–Trinajstić information content (AvgIpc) is 2.69. The zero-order valence-corrected chi connectivity index (χ0v) is 22.0. The van der Waals surface area contributed by atoms with Crippen molar-refractivity contribution in [3.63, 3.8) is 0 Å². The van der Waals surface area contributed by atoms with Gasteiger partial charge in [0.1, 0.15) is 12.4 Å². The molecule has 182 valence electrons. The van der Waals surface area contributed by atoms with Gasteiger partial charge in [-0.3, -0.25) is 9.36 Å². The van der Waals surface area contributed by atoms with Crippen LogP contribution in [0.5, 0.6) is 5.75 Å². The van der Waals surface area contributed by atoms with Crippen molar-refractivity contribution in [1.82, 2.24) is 0 Å². The Morgan fingerprint density at radius 2 is 1.64 bits per heavy atom. The van der Waals surface area contributed by atoms with Crippen molar-refractivity contribution in [2.24, 2.45) is 5.41 Å². The zero-order valence-electron chi connectivity index (χ0n) is 21.1. The number of esters is 1. The van der Waals surface area contributed by atoms with Crippen LogP contribution in [0.15, 0.2) is 30.3 Å². The average molecular weight is 475 g/mol. The van der Waals surface area contributed by atoms with Gasteiger partial charge in [-0.1, -0.05) is 38.1 Å². The number of hydrogen-bond donors (Lipinski definition) is 2. The summed E-state index contributed by atoms with van der Waals surface area (Å²) in [5.74, 6) is 0.221. The minimum atomic E-state index is -3.38. The first-order valence-corrected chi connectivity index (χ1v) is 13.6. The highest BCUT2D eigenvalue weighted by Crippen LogP contribution is 2.41. The number of hydrogen-bond acceptors (Lipinski definition) is 4. The van der Waals surface area contributed by atoms with Crippen molar-refractivity contribution in [3.05, 3.63) is 63.7 Å². The van der Waals surface area contributed by atoms with Crippen molar-refractivity contribution in [2.45, 2.75) is 67.2 Å². The first kappa shape index (κ1) is 27.1. The van der Waals surface area contributed by atoms with Gasteiger partial charge in [0.2, 0.25) is 7.37 Å². The normalized spacial score (nSPS) is 13.7. The quantitative estimate of drug-likeness (QED) is 0.338. The Morgan fingerprint density at radius 3 is 2.18 bits per heavy atom. The Bertz CT molecular complexity index is 1010. The maximum absolute atomic E-state index is 12.6. The van der Waals surface area contributed by atoms with E-state index < -0.39 is 12.8 Å². The fourth-order valence-electron chi connectivity index (χ4n) is 3.80. The van der Waals surface area contributed by atoms with E-state index in [0.717, 1.165) is 34.2 Å². The topological polar surface area (TPSA) is 83.8 Å². The molecule has 0 radical (unpaired) electrons. The van der Waals surface area contributed by atoms with Gasteiger partial charge in [0.05, 0.1) is 11.6 Å². The third kappa shape index (κ3) is 8.01. The lowest BCUT2D eigenvalue weighted by molar-refractivity contribution is -0.152. The van der Waals surface area contributed by atoms with Crippen LogP contribution in [0.2, 0.25) is 0 Å². The number of phenols is 1. The molecule has 0 spiro atoms. The van der Waals surface area contributed by atoms with Gasteiger partial charge in [-0.25, -0.2) is 0 Å².